The maximum Gasteiger partial charge on any atom is 0.303 e. The molecule has 0 N–H and O–H groups in total. The van der Waals surface area contributed by atoms with E-state index in [0.29, 0.717) is 0 Å². The first-order valence-electron chi connectivity index (χ1n) is 6.13. The van der Waals surface area contributed by atoms with Gasteiger partial charge in [0.1, 0.15) is 6.10 Å². The lowest BCUT2D eigenvalue weighted by molar-refractivity contribution is -0.144. The summed E-state index contributed by atoms with van der Waals surface area (Å²) >= 11 is 0. The Morgan fingerprint density at radius 1 is 1.13 bits per heavy atom. The van der Waals surface area contributed by atoms with Crippen LogP contribution in [0.25, 0.3) is 0 Å². The van der Waals surface area contributed by atoms with Crippen molar-refractivity contribution in [2.45, 2.75) is 64.4 Å². The number of hydrogen-bond donors (Lipinski definition) is 0. The van der Waals surface area contributed by atoms with E-state index in [1.54, 1.807) is 0 Å². The van der Waals surface area contributed by atoms with Gasteiger partial charge in [-0.1, -0.05) is 31.8 Å². The third-order valence-electron chi connectivity index (χ3n) is 2.78. The van der Waals surface area contributed by atoms with E-state index in [0.717, 1.165) is 12.8 Å². The van der Waals surface area contributed by atoms with Crippen LogP contribution in [0.1, 0.15) is 58.3 Å². The Kier molecular flexibility index (Phi) is 6.14. The van der Waals surface area contributed by atoms with Crippen molar-refractivity contribution in [3.8, 4) is 0 Å². The largest absolute Gasteiger partial charge is 0.458 e. The van der Waals surface area contributed by atoms with E-state index in [1.807, 2.05) is 0 Å². The number of esters is 1. The van der Waals surface area contributed by atoms with Crippen LogP contribution in [0.4, 0.5) is 0 Å². The molecule has 0 aromatic heterocycles. The van der Waals surface area contributed by atoms with Crippen LogP contribution in [0, 0.1) is 0 Å². The summed E-state index contributed by atoms with van der Waals surface area (Å²) in [4.78, 5) is 10.9. The average molecular weight is 210 g/mol. The van der Waals surface area contributed by atoms with Crippen molar-refractivity contribution < 1.29 is 9.53 Å². The van der Waals surface area contributed by atoms with Crippen molar-refractivity contribution in [3.63, 3.8) is 0 Å². The molecule has 1 aliphatic rings. The Labute approximate surface area is 92.7 Å². The Morgan fingerprint density at radius 3 is 2.53 bits per heavy atom. The Balaban J connectivity index is 2.39. The second-order valence-corrected chi connectivity index (χ2v) is 4.27. The van der Waals surface area contributed by atoms with Crippen LogP contribution in [0.3, 0.4) is 0 Å². The van der Waals surface area contributed by atoms with Gasteiger partial charge >= 0.3 is 5.97 Å². The van der Waals surface area contributed by atoms with E-state index in [-0.39, 0.29) is 12.1 Å². The van der Waals surface area contributed by atoms with Crippen molar-refractivity contribution in [1.29, 1.82) is 0 Å². The molecule has 2 heteroatoms. The van der Waals surface area contributed by atoms with Gasteiger partial charge in [0.2, 0.25) is 0 Å². The molecule has 0 aromatic carbocycles. The maximum atomic E-state index is 10.9. The first-order chi connectivity index (χ1) is 7.29. The smallest absolute Gasteiger partial charge is 0.303 e. The molecule has 86 valence electrons. The van der Waals surface area contributed by atoms with Gasteiger partial charge in [-0.05, 0) is 31.8 Å². The lowest BCUT2D eigenvalue weighted by Gasteiger charge is -2.12. The minimum atomic E-state index is -0.167. The summed E-state index contributed by atoms with van der Waals surface area (Å²) in [5.41, 5.74) is 0. The second-order valence-electron chi connectivity index (χ2n) is 4.27. The van der Waals surface area contributed by atoms with E-state index in [4.69, 9.17) is 4.74 Å². The highest BCUT2D eigenvalue weighted by molar-refractivity contribution is 5.66. The molecule has 0 heterocycles. The summed E-state index contributed by atoms with van der Waals surface area (Å²) in [6.45, 7) is 1.49. The molecule has 0 amide bonds. The summed E-state index contributed by atoms with van der Waals surface area (Å²) < 4.78 is 5.24. The first kappa shape index (κ1) is 12.3. The molecule has 1 aliphatic carbocycles. The molecule has 15 heavy (non-hydrogen) atoms. The lowest BCUT2D eigenvalue weighted by atomic mass is 10.1. The van der Waals surface area contributed by atoms with Crippen LogP contribution < -0.4 is 0 Å². The Morgan fingerprint density at radius 2 is 1.80 bits per heavy atom. The monoisotopic (exact) mass is 210 g/mol. The molecule has 0 aromatic rings. The second kappa shape index (κ2) is 7.49. The molecule has 0 fully saturated rings. The fourth-order valence-electron chi connectivity index (χ4n) is 1.97. The van der Waals surface area contributed by atoms with E-state index >= 15 is 0 Å². The van der Waals surface area contributed by atoms with Crippen LogP contribution in [0.5, 0.6) is 0 Å². The summed E-state index contributed by atoms with van der Waals surface area (Å²) in [5, 5.41) is 0. The van der Waals surface area contributed by atoms with Gasteiger partial charge in [-0.25, -0.2) is 0 Å². The van der Waals surface area contributed by atoms with E-state index in [1.165, 1.54) is 45.4 Å². The average Bonchev–Trinajstić information content (AvgIpc) is 2.23. The number of hydrogen-bond acceptors (Lipinski definition) is 2. The van der Waals surface area contributed by atoms with Crippen molar-refractivity contribution >= 4 is 5.97 Å². The van der Waals surface area contributed by atoms with Crippen LogP contribution >= 0.6 is 0 Å². The zero-order valence-electron chi connectivity index (χ0n) is 9.71. The maximum absolute atomic E-state index is 10.9. The quantitative estimate of drug-likeness (QED) is 0.488. The highest BCUT2D eigenvalue weighted by atomic mass is 16.5. The molecule has 0 radical (unpaired) electrons. The van der Waals surface area contributed by atoms with Gasteiger partial charge in [-0.2, -0.15) is 0 Å². The molecule has 1 atom stereocenters. The molecule has 0 bridgehead atoms. The topological polar surface area (TPSA) is 26.3 Å². The highest BCUT2D eigenvalue weighted by Crippen LogP contribution is 2.14. The molecule has 0 spiro atoms. The third kappa shape index (κ3) is 6.32. The van der Waals surface area contributed by atoms with Gasteiger partial charge in [0.25, 0.3) is 0 Å². The first-order valence-corrected chi connectivity index (χ1v) is 6.13. The Bertz CT molecular complexity index is 209. The van der Waals surface area contributed by atoms with E-state index < -0.39 is 0 Å². The molecule has 2 nitrogen and oxygen atoms in total. The van der Waals surface area contributed by atoms with Gasteiger partial charge in [0, 0.05) is 6.92 Å². The number of rotatable bonds is 1. The number of carbonyl (C=O) groups is 1. The standard InChI is InChI=1S/C13H22O2/c1-12(14)15-13-10-8-6-4-2-3-5-7-9-11-13/h8,10,13H,2-7,9,11H2,1H3/b10-8-. The molecular formula is C13H22O2. The number of ether oxygens (including phenoxy) is 1. The van der Waals surface area contributed by atoms with Gasteiger partial charge in [0.05, 0.1) is 0 Å². The SMILES string of the molecule is CC(=O)OC1/C=C\CCCCCCCC1. The van der Waals surface area contributed by atoms with Crippen LogP contribution in [-0.4, -0.2) is 12.1 Å². The predicted octanol–water partition coefficient (Wildman–Crippen LogP) is 3.61. The Hall–Kier alpha value is -0.790. The fourth-order valence-corrected chi connectivity index (χ4v) is 1.97. The van der Waals surface area contributed by atoms with Gasteiger partial charge < -0.3 is 4.74 Å². The van der Waals surface area contributed by atoms with Crippen LogP contribution in [0.15, 0.2) is 12.2 Å². The van der Waals surface area contributed by atoms with Crippen LogP contribution in [0.2, 0.25) is 0 Å². The normalized spacial score (nSPS) is 26.3. The minimum absolute atomic E-state index is 0.0144. The molecule has 0 saturated heterocycles. The summed E-state index contributed by atoms with van der Waals surface area (Å²) in [6, 6.07) is 0. The van der Waals surface area contributed by atoms with Gasteiger partial charge in [-0.3, -0.25) is 4.79 Å². The predicted molar refractivity (Wildman–Crippen MR) is 61.6 cm³/mol. The fraction of sp³-hybridized carbons (Fsp3) is 0.769. The highest BCUT2D eigenvalue weighted by Gasteiger charge is 2.08. The number of allylic oxidation sites excluding steroid dienone is 1. The van der Waals surface area contributed by atoms with E-state index in [2.05, 4.69) is 12.2 Å². The number of carbonyl (C=O) groups excluding carboxylic acids is 1. The van der Waals surface area contributed by atoms with Crippen molar-refractivity contribution in [1.82, 2.24) is 0 Å². The summed E-state index contributed by atoms with van der Waals surface area (Å²) in [6.07, 6.45) is 14.1. The lowest BCUT2D eigenvalue weighted by Crippen LogP contribution is -2.13. The van der Waals surface area contributed by atoms with Gasteiger partial charge in [0.15, 0.2) is 0 Å². The van der Waals surface area contributed by atoms with Crippen LogP contribution in [-0.2, 0) is 9.53 Å². The minimum Gasteiger partial charge on any atom is -0.458 e. The third-order valence-corrected chi connectivity index (χ3v) is 2.78. The summed E-state index contributed by atoms with van der Waals surface area (Å²) in [7, 11) is 0. The molecule has 0 saturated carbocycles. The molecule has 0 aliphatic heterocycles. The van der Waals surface area contributed by atoms with Crippen molar-refractivity contribution in [3.05, 3.63) is 12.2 Å². The zero-order valence-corrected chi connectivity index (χ0v) is 9.71. The van der Waals surface area contributed by atoms with Crippen molar-refractivity contribution in [2.75, 3.05) is 0 Å². The summed E-state index contributed by atoms with van der Waals surface area (Å²) in [5.74, 6) is -0.167. The zero-order chi connectivity index (χ0) is 10.9. The van der Waals surface area contributed by atoms with E-state index in [9.17, 15) is 4.79 Å². The molecule has 1 unspecified atom stereocenters. The molecular weight excluding hydrogens is 188 g/mol. The van der Waals surface area contributed by atoms with Gasteiger partial charge in [-0.15, -0.1) is 0 Å². The molecule has 1 rings (SSSR count). The van der Waals surface area contributed by atoms with Crippen molar-refractivity contribution in [2.24, 2.45) is 0 Å².